The van der Waals surface area contributed by atoms with Crippen molar-refractivity contribution in [3.63, 3.8) is 0 Å². The van der Waals surface area contributed by atoms with Crippen LogP contribution in [0.3, 0.4) is 0 Å². The van der Waals surface area contributed by atoms with E-state index in [2.05, 4.69) is 0 Å². The van der Waals surface area contributed by atoms with Crippen LogP contribution in [0.5, 0.6) is 11.5 Å². The highest BCUT2D eigenvalue weighted by atomic mass is 32.2. The van der Waals surface area contributed by atoms with Crippen molar-refractivity contribution in [2.75, 3.05) is 0 Å². The minimum atomic E-state index is -4.14. The summed E-state index contributed by atoms with van der Waals surface area (Å²) in [6.45, 7) is 0. The smallest absolute Gasteiger partial charge is 0.206 e. The third-order valence-electron chi connectivity index (χ3n) is 5.12. The molecule has 4 aromatic rings. The zero-order valence-corrected chi connectivity index (χ0v) is 18.0. The highest BCUT2D eigenvalue weighted by molar-refractivity contribution is 7.91. The Kier molecular flexibility index (Phi) is 5.81. The summed E-state index contributed by atoms with van der Waals surface area (Å²) in [5.74, 6) is -1.85. The summed E-state index contributed by atoms with van der Waals surface area (Å²) in [4.78, 5) is 24.7. The van der Waals surface area contributed by atoms with E-state index in [9.17, 15) is 28.2 Å². The summed E-state index contributed by atoms with van der Waals surface area (Å²) in [6, 6.07) is 23.5. The molecule has 0 unspecified atom stereocenters. The van der Waals surface area contributed by atoms with E-state index in [1.807, 2.05) is 0 Å². The Morgan fingerprint density at radius 3 is 1.24 bits per heavy atom. The van der Waals surface area contributed by atoms with E-state index in [0.29, 0.717) is 11.1 Å². The van der Waals surface area contributed by atoms with Gasteiger partial charge in [-0.25, -0.2) is 8.42 Å². The number of aromatic hydroxyl groups is 2. The number of carbonyl (C=O) groups excluding carboxylic acids is 2. The lowest BCUT2D eigenvalue weighted by Crippen LogP contribution is -2.07. The van der Waals surface area contributed by atoms with Gasteiger partial charge in [-0.05, 0) is 36.4 Å². The number of hydrogen-bond donors (Lipinski definition) is 2. The molecular weight excluding hydrogens is 440 g/mol. The molecule has 0 fully saturated rings. The van der Waals surface area contributed by atoms with Gasteiger partial charge in [0.15, 0.2) is 11.6 Å². The highest BCUT2D eigenvalue weighted by Crippen LogP contribution is 2.31. The molecular formula is C26H18O6S. The Balaban J connectivity index is 1.66. The van der Waals surface area contributed by atoms with E-state index in [-0.39, 0.29) is 20.9 Å². The van der Waals surface area contributed by atoms with Gasteiger partial charge in [0.1, 0.15) is 11.5 Å². The lowest BCUT2D eigenvalue weighted by molar-refractivity contribution is 0.102. The summed E-state index contributed by atoms with van der Waals surface area (Å²) in [6.07, 6.45) is 0. The van der Waals surface area contributed by atoms with Crippen molar-refractivity contribution < 1.29 is 28.2 Å². The number of phenolic OH excluding ortho intramolecular Hbond substituents is 2. The van der Waals surface area contributed by atoms with Crippen LogP contribution in [0.2, 0.25) is 0 Å². The zero-order valence-electron chi connectivity index (χ0n) is 17.2. The number of rotatable bonds is 6. The Bertz CT molecular complexity index is 1350. The maximum atomic E-state index is 13.0. The molecule has 0 radical (unpaired) electrons. The quantitative estimate of drug-likeness (QED) is 0.415. The first-order valence-corrected chi connectivity index (χ1v) is 11.4. The van der Waals surface area contributed by atoms with Crippen LogP contribution in [-0.4, -0.2) is 30.2 Å². The first-order chi connectivity index (χ1) is 15.8. The lowest BCUT2D eigenvalue weighted by atomic mass is 10.0. The van der Waals surface area contributed by atoms with Crippen molar-refractivity contribution in [2.24, 2.45) is 0 Å². The Morgan fingerprint density at radius 1 is 0.545 bits per heavy atom. The molecule has 33 heavy (non-hydrogen) atoms. The largest absolute Gasteiger partial charge is 0.507 e. The molecule has 0 spiro atoms. The van der Waals surface area contributed by atoms with Crippen molar-refractivity contribution in [3.05, 3.63) is 119 Å². The number of carbonyl (C=O) groups is 2. The van der Waals surface area contributed by atoms with Gasteiger partial charge in [-0.2, -0.15) is 0 Å². The minimum absolute atomic E-state index is 0.0354. The van der Waals surface area contributed by atoms with Gasteiger partial charge in [-0.1, -0.05) is 60.7 Å². The Hall–Kier alpha value is -4.23. The first-order valence-electron chi connectivity index (χ1n) is 9.89. The van der Waals surface area contributed by atoms with Gasteiger partial charge >= 0.3 is 0 Å². The number of sulfone groups is 1. The normalized spacial score (nSPS) is 11.2. The van der Waals surface area contributed by atoms with E-state index < -0.39 is 32.9 Å². The molecule has 164 valence electrons. The molecule has 4 aromatic carbocycles. The van der Waals surface area contributed by atoms with Crippen LogP contribution in [0.4, 0.5) is 0 Å². The minimum Gasteiger partial charge on any atom is -0.507 e. The summed E-state index contributed by atoms with van der Waals surface area (Å²) in [7, 11) is -4.14. The molecule has 0 heterocycles. The van der Waals surface area contributed by atoms with Gasteiger partial charge in [-0.15, -0.1) is 0 Å². The molecule has 7 heteroatoms. The summed E-state index contributed by atoms with van der Waals surface area (Å²) < 4.78 is 26.1. The monoisotopic (exact) mass is 458 g/mol. The molecule has 0 aliphatic rings. The maximum Gasteiger partial charge on any atom is 0.206 e. The fourth-order valence-corrected chi connectivity index (χ4v) is 4.67. The fourth-order valence-electron chi connectivity index (χ4n) is 3.37. The number of ketones is 2. The molecule has 0 bridgehead atoms. The van der Waals surface area contributed by atoms with E-state index in [4.69, 9.17) is 0 Å². The van der Waals surface area contributed by atoms with Crippen molar-refractivity contribution >= 4 is 21.4 Å². The predicted molar refractivity (Wildman–Crippen MR) is 121 cm³/mol. The van der Waals surface area contributed by atoms with Gasteiger partial charge in [0.2, 0.25) is 9.84 Å². The van der Waals surface area contributed by atoms with Crippen LogP contribution >= 0.6 is 0 Å². The molecule has 0 aliphatic heterocycles. The Labute approximate surface area is 190 Å². The maximum absolute atomic E-state index is 13.0. The molecule has 0 atom stereocenters. The molecule has 0 aliphatic carbocycles. The van der Waals surface area contributed by atoms with Crippen LogP contribution < -0.4 is 0 Å². The zero-order chi connectivity index (χ0) is 23.6. The number of hydrogen-bond acceptors (Lipinski definition) is 6. The van der Waals surface area contributed by atoms with Crippen molar-refractivity contribution in [1.29, 1.82) is 0 Å². The van der Waals surface area contributed by atoms with Crippen LogP contribution in [-0.2, 0) is 9.84 Å². The molecule has 0 saturated carbocycles. The van der Waals surface area contributed by atoms with E-state index >= 15 is 0 Å². The molecule has 0 aromatic heterocycles. The summed E-state index contributed by atoms with van der Waals surface area (Å²) in [5.41, 5.74) is 0.637. The van der Waals surface area contributed by atoms with E-state index in [1.54, 1.807) is 60.7 Å². The second-order valence-electron chi connectivity index (χ2n) is 7.25. The van der Waals surface area contributed by atoms with Crippen LogP contribution in [0, 0.1) is 0 Å². The van der Waals surface area contributed by atoms with Gasteiger partial charge in [0.05, 0.1) is 20.9 Å². The first kappa shape index (κ1) is 22.0. The summed E-state index contributed by atoms with van der Waals surface area (Å²) in [5, 5.41) is 20.7. The topological polar surface area (TPSA) is 109 Å². The van der Waals surface area contributed by atoms with Gasteiger partial charge in [0.25, 0.3) is 0 Å². The van der Waals surface area contributed by atoms with Crippen LogP contribution in [0.25, 0.3) is 0 Å². The van der Waals surface area contributed by atoms with Crippen LogP contribution in [0.15, 0.2) is 107 Å². The molecule has 0 saturated heterocycles. The molecule has 2 N–H and O–H groups in total. The van der Waals surface area contributed by atoms with Crippen molar-refractivity contribution in [3.8, 4) is 11.5 Å². The van der Waals surface area contributed by atoms with E-state index in [1.165, 1.54) is 24.3 Å². The summed E-state index contributed by atoms with van der Waals surface area (Å²) >= 11 is 0. The van der Waals surface area contributed by atoms with E-state index in [0.717, 1.165) is 12.1 Å². The third kappa shape index (κ3) is 4.26. The van der Waals surface area contributed by atoms with Crippen molar-refractivity contribution in [1.82, 2.24) is 0 Å². The van der Waals surface area contributed by atoms with Gasteiger partial charge in [0, 0.05) is 11.1 Å². The number of benzene rings is 4. The van der Waals surface area contributed by atoms with Gasteiger partial charge in [-0.3, -0.25) is 9.59 Å². The molecule has 0 amide bonds. The fraction of sp³-hybridized carbons (Fsp3) is 0. The standard InChI is InChI=1S/C26H18O6S/c27-23-15-19(11-13-21(23)25(29)17-7-3-1-4-8-17)33(31,32)20-12-14-22(24(28)16-20)26(30)18-9-5-2-6-10-18/h1-16,27-28H. The second-order valence-corrected chi connectivity index (χ2v) is 9.20. The molecule has 4 rings (SSSR count). The SMILES string of the molecule is O=C(c1ccccc1)c1ccc(S(=O)(=O)c2ccc(C(=O)c3ccccc3)c(O)c2)cc1O. The second kappa shape index (κ2) is 8.72. The molecule has 6 nitrogen and oxygen atoms in total. The van der Waals surface area contributed by atoms with Gasteiger partial charge < -0.3 is 10.2 Å². The lowest BCUT2D eigenvalue weighted by Gasteiger charge is -2.10. The average Bonchev–Trinajstić information content (AvgIpc) is 2.84. The third-order valence-corrected chi connectivity index (χ3v) is 6.87. The number of phenols is 2. The van der Waals surface area contributed by atoms with Crippen LogP contribution in [0.1, 0.15) is 31.8 Å². The predicted octanol–water partition coefficient (Wildman–Crippen LogP) is 4.39. The van der Waals surface area contributed by atoms with Crippen molar-refractivity contribution in [2.45, 2.75) is 9.79 Å². The highest BCUT2D eigenvalue weighted by Gasteiger charge is 2.23. The Morgan fingerprint density at radius 2 is 0.909 bits per heavy atom. The average molecular weight is 458 g/mol.